The fourth-order valence-electron chi connectivity index (χ4n) is 2.68. The van der Waals surface area contributed by atoms with E-state index < -0.39 is 5.97 Å². The number of carbonyl (C=O) groups is 1. The fraction of sp³-hybridized carbons (Fsp3) is 0.235. The first-order valence-corrected chi connectivity index (χ1v) is 7.08. The van der Waals surface area contributed by atoms with Gasteiger partial charge in [-0.25, -0.2) is 4.39 Å². The van der Waals surface area contributed by atoms with Crippen LogP contribution in [0.1, 0.15) is 12.0 Å². The predicted molar refractivity (Wildman–Crippen MR) is 80.6 cm³/mol. The highest BCUT2D eigenvalue weighted by atomic mass is 19.1. The maximum atomic E-state index is 13.4. The molecule has 0 bridgehead atoms. The number of carboxylic acids is 1. The lowest BCUT2D eigenvalue weighted by atomic mass is 10.1. The van der Waals surface area contributed by atoms with Crippen molar-refractivity contribution in [3.05, 3.63) is 59.9 Å². The Morgan fingerprint density at radius 1 is 1.27 bits per heavy atom. The van der Waals surface area contributed by atoms with E-state index in [0.717, 1.165) is 11.3 Å². The Labute approximate surface area is 127 Å². The second kappa shape index (κ2) is 6.05. The van der Waals surface area contributed by atoms with E-state index in [0.29, 0.717) is 12.3 Å². The summed E-state index contributed by atoms with van der Waals surface area (Å²) in [5.41, 5.74) is 1.79. The third kappa shape index (κ3) is 3.03. The number of aliphatic carboxylic acids is 1. The van der Waals surface area contributed by atoms with Gasteiger partial charge in [-0.2, -0.15) is 0 Å². The number of anilines is 1. The number of halogens is 1. The Bertz CT molecular complexity index is 675. The third-order valence-corrected chi connectivity index (χ3v) is 3.71. The Morgan fingerprint density at radius 3 is 2.77 bits per heavy atom. The van der Waals surface area contributed by atoms with Crippen LogP contribution < -0.4 is 9.64 Å². The van der Waals surface area contributed by atoms with Crippen LogP contribution in [0.15, 0.2) is 48.5 Å². The molecule has 1 atom stereocenters. The average Bonchev–Trinajstić information content (AvgIpc) is 2.50. The average molecular weight is 301 g/mol. The number of nitrogens with zero attached hydrogens (tertiary/aromatic N) is 1. The first-order valence-electron chi connectivity index (χ1n) is 7.08. The Balaban J connectivity index is 1.94. The van der Waals surface area contributed by atoms with E-state index in [-0.39, 0.29) is 24.9 Å². The maximum absolute atomic E-state index is 13.4. The van der Waals surface area contributed by atoms with Gasteiger partial charge in [-0.05, 0) is 17.7 Å². The molecule has 0 radical (unpaired) electrons. The largest absolute Gasteiger partial charge is 0.489 e. The van der Waals surface area contributed by atoms with Crippen LogP contribution in [0.3, 0.4) is 0 Å². The summed E-state index contributed by atoms with van der Waals surface area (Å²) in [6, 6.07) is 13.8. The molecule has 0 saturated carbocycles. The van der Waals surface area contributed by atoms with E-state index in [4.69, 9.17) is 9.84 Å². The van der Waals surface area contributed by atoms with Crippen LogP contribution in [-0.2, 0) is 11.3 Å². The molecule has 0 spiro atoms. The van der Waals surface area contributed by atoms with E-state index in [1.807, 2.05) is 35.2 Å². The van der Waals surface area contributed by atoms with Crippen molar-refractivity contribution in [2.45, 2.75) is 19.0 Å². The lowest BCUT2D eigenvalue weighted by Crippen LogP contribution is -2.44. The Morgan fingerprint density at radius 2 is 2.05 bits per heavy atom. The SMILES string of the molecule is O=C(O)CC1COc2cc(F)ccc2N1Cc1ccccc1. The molecule has 0 saturated heterocycles. The monoisotopic (exact) mass is 301 g/mol. The molecule has 1 unspecified atom stereocenters. The topological polar surface area (TPSA) is 49.8 Å². The molecule has 0 amide bonds. The summed E-state index contributed by atoms with van der Waals surface area (Å²) in [7, 11) is 0. The van der Waals surface area contributed by atoms with Crippen LogP contribution in [-0.4, -0.2) is 23.7 Å². The third-order valence-electron chi connectivity index (χ3n) is 3.71. The van der Waals surface area contributed by atoms with Gasteiger partial charge in [-0.1, -0.05) is 30.3 Å². The molecule has 0 fully saturated rings. The van der Waals surface area contributed by atoms with Crippen molar-refractivity contribution in [1.82, 2.24) is 0 Å². The van der Waals surface area contributed by atoms with Crippen LogP contribution in [0.25, 0.3) is 0 Å². The molecule has 2 aromatic rings. The zero-order valence-corrected chi connectivity index (χ0v) is 11.9. The highest BCUT2D eigenvalue weighted by Gasteiger charge is 2.29. The summed E-state index contributed by atoms with van der Waals surface area (Å²) in [6.07, 6.45) is -0.0242. The minimum Gasteiger partial charge on any atom is -0.489 e. The van der Waals surface area contributed by atoms with Gasteiger partial charge in [0, 0.05) is 12.6 Å². The molecule has 1 aliphatic rings. The van der Waals surface area contributed by atoms with Crippen LogP contribution in [0.2, 0.25) is 0 Å². The Kier molecular flexibility index (Phi) is 3.96. The molecule has 2 aromatic carbocycles. The van der Waals surface area contributed by atoms with Gasteiger partial charge in [0.05, 0.1) is 18.2 Å². The first-order chi connectivity index (χ1) is 10.6. The number of carboxylic acid groups (broad SMARTS) is 1. The second-order valence-corrected chi connectivity index (χ2v) is 5.29. The van der Waals surface area contributed by atoms with Crippen molar-refractivity contribution in [3.8, 4) is 5.75 Å². The van der Waals surface area contributed by atoms with E-state index in [2.05, 4.69) is 0 Å². The molecule has 5 heteroatoms. The van der Waals surface area contributed by atoms with Crippen molar-refractivity contribution >= 4 is 11.7 Å². The van der Waals surface area contributed by atoms with E-state index in [9.17, 15) is 9.18 Å². The number of rotatable bonds is 4. The van der Waals surface area contributed by atoms with Crippen molar-refractivity contribution in [2.75, 3.05) is 11.5 Å². The quantitative estimate of drug-likeness (QED) is 0.943. The van der Waals surface area contributed by atoms with E-state index in [1.54, 1.807) is 6.07 Å². The summed E-state index contributed by atoms with van der Waals surface area (Å²) in [5.74, 6) is -0.787. The van der Waals surface area contributed by atoms with Crippen molar-refractivity contribution in [1.29, 1.82) is 0 Å². The van der Waals surface area contributed by atoms with E-state index >= 15 is 0 Å². The zero-order chi connectivity index (χ0) is 15.5. The van der Waals surface area contributed by atoms with Gasteiger partial charge in [-0.3, -0.25) is 4.79 Å². The summed E-state index contributed by atoms with van der Waals surface area (Å²) < 4.78 is 18.9. The van der Waals surface area contributed by atoms with Crippen molar-refractivity contribution < 1.29 is 19.0 Å². The van der Waals surface area contributed by atoms with Gasteiger partial charge in [0.25, 0.3) is 0 Å². The van der Waals surface area contributed by atoms with Gasteiger partial charge in [0.2, 0.25) is 0 Å². The maximum Gasteiger partial charge on any atom is 0.305 e. The van der Waals surface area contributed by atoms with Gasteiger partial charge in [0.15, 0.2) is 0 Å². The highest BCUT2D eigenvalue weighted by molar-refractivity contribution is 5.70. The standard InChI is InChI=1S/C17H16FNO3/c18-13-6-7-15-16(8-13)22-11-14(9-17(20)21)19(15)10-12-4-2-1-3-5-12/h1-8,14H,9-11H2,(H,20,21). The lowest BCUT2D eigenvalue weighted by molar-refractivity contribution is -0.137. The van der Waals surface area contributed by atoms with Gasteiger partial charge in [0.1, 0.15) is 18.2 Å². The smallest absolute Gasteiger partial charge is 0.305 e. The number of hydrogen-bond donors (Lipinski definition) is 1. The molecule has 4 nitrogen and oxygen atoms in total. The number of benzene rings is 2. The molecule has 1 N–H and O–H groups in total. The zero-order valence-electron chi connectivity index (χ0n) is 11.9. The number of hydrogen-bond acceptors (Lipinski definition) is 3. The second-order valence-electron chi connectivity index (χ2n) is 5.29. The normalized spacial score (nSPS) is 16.8. The summed E-state index contributed by atoms with van der Waals surface area (Å²) in [6.45, 7) is 0.788. The van der Waals surface area contributed by atoms with Crippen LogP contribution in [0, 0.1) is 5.82 Å². The summed E-state index contributed by atoms with van der Waals surface area (Å²) >= 11 is 0. The fourth-order valence-corrected chi connectivity index (χ4v) is 2.68. The van der Waals surface area contributed by atoms with E-state index in [1.165, 1.54) is 12.1 Å². The number of fused-ring (bicyclic) bond motifs is 1. The summed E-state index contributed by atoms with van der Waals surface area (Å²) in [4.78, 5) is 13.1. The van der Waals surface area contributed by atoms with Crippen molar-refractivity contribution in [2.24, 2.45) is 0 Å². The van der Waals surface area contributed by atoms with Gasteiger partial charge in [-0.15, -0.1) is 0 Å². The lowest BCUT2D eigenvalue weighted by Gasteiger charge is -2.38. The molecule has 1 aliphatic heterocycles. The van der Waals surface area contributed by atoms with Crippen LogP contribution in [0.5, 0.6) is 5.75 Å². The minimum absolute atomic E-state index is 0.0242. The molecule has 0 aromatic heterocycles. The van der Waals surface area contributed by atoms with Gasteiger partial charge >= 0.3 is 5.97 Å². The molecule has 3 rings (SSSR count). The molecule has 0 aliphatic carbocycles. The van der Waals surface area contributed by atoms with Crippen LogP contribution >= 0.6 is 0 Å². The van der Waals surface area contributed by atoms with Crippen molar-refractivity contribution in [3.63, 3.8) is 0 Å². The first kappa shape index (κ1) is 14.4. The predicted octanol–water partition coefficient (Wildman–Crippen LogP) is 3.07. The molecular formula is C17H16FNO3. The van der Waals surface area contributed by atoms with Gasteiger partial charge < -0.3 is 14.7 Å². The molecular weight excluding hydrogens is 285 g/mol. The van der Waals surface area contributed by atoms with Crippen LogP contribution in [0.4, 0.5) is 10.1 Å². The number of ether oxygens (including phenoxy) is 1. The molecule has 22 heavy (non-hydrogen) atoms. The minimum atomic E-state index is -0.878. The highest BCUT2D eigenvalue weighted by Crippen LogP contribution is 2.36. The Hall–Kier alpha value is -2.56. The molecule has 114 valence electrons. The molecule has 1 heterocycles. The summed E-state index contributed by atoms with van der Waals surface area (Å²) in [5, 5.41) is 9.10.